The van der Waals surface area contributed by atoms with E-state index in [1.165, 1.54) is 16.0 Å². The van der Waals surface area contributed by atoms with Crippen LogP contribution in [0.2, 0.25) is 0 Å². The molecule has 2 N–H and O–H groups in total. The number of rotatable bonds is 3. The molecule has 0 amide bonds. The van der Waals surface area contributed by atoms with Gasteiger partial charge >= 0.3 is 0 Å². The fraction of sp³-hybridized carbons (Fsp3) is 0.214. The summed E-state index contributed by atoms with van der Waals surface area (Å²) < 4.78 is 15.1. The topological polar surface area (TPSA) is 80.5 Å². The second kappa shape index (κ2) is 5.24. The van der Waals surface area contributed by atoms with Crippen LogP contribution in [0.1, 0.15) is 5.01 Å². The molecule has 0 unspecified atom stereocenters. The van der Waals surface area contributed by atoms with E-state index in [9.17, 15) is 4.39 Å². The molecule has 0 aliphatic heterocycles. The maximum absolute atomic E-state index is 13.5. The van der Waals surface area contributed by atoms with Gasteiger partial charge < -0.3 is 5.73 Å². The maximum Gasteiger partial charge on any atom is 0.240 e. The van der Waals surface area contributed by atoms with Gasteiger partial charge in [-0.05, 0) is 17.7 Å². The molecule has 0 aliphatic carbocycles. The Bertz CT molecular complexity index is 845. The lowest BCUT2D eigenvalue weighted by atomic mass is 10.1. The fourth-order valence-electron chi connectivity index (χ4n) is 2.14. The first-order chi connectivity index (χ1) is 10.1. The molecule has 2 heterocycles. The zero-order chi connectivity index (χ0) is 15.0. The van der Waals surface area contributed by atoms with Gasteiger partial charge in [0.2, 0.25) is 5.95 Å². The van der Waals surface area contributed by atoms with Crippen LogP contribution >= 0.6 is 11.3 Å². The van der Waals surface area contributed by atoms with Gasteiger partial charge in [-0.25, -0.2) is 4.98 Å². The third-order valence-electron chi connectivity index (χ3n) is 3.20. The highest BCUT2D eigenvalue weighted by Crippen LogP contribution is 2.29. The Labute approximate surface area is 124 Å². The Morgan fingerprint density at radius 1 is 1.52 bits per heavy atom. The molecule has 0 radical (unpaired) electrons. The van der Waals surface area contributed by atoms with Crippen molar-refractivity contribution in [3.05, 3.63) is 35.4 Å². The molecule has 0 bridgehead atoms. The molecular weight excluding hydrogens is 289 g/mol. The highest BCUT2D eigenvalue weighted by molar-refractivity contribution is 7.15. The third-order valence-corrected chi connectivity index (χ3v) is 4.27. The van der Waals surface area contributed by atoms with Crippen molar-refractivity contribution in [3.8, 4) is 16.5 Å². The van der Waals surface area contributed by atoms with Crippen LogP contribution in [0.4, 0.5) is 4.39 Å². The summed E-state index contributed by atoms with van der Waals surface area (Å²) in [7, 11) is 1.71. The van der Waals surface area contributed by atoms with Crippen LogP contribution in [0.3, 0.4) is 0 Å². The van der Waals surface area contributed by atoms with Crippen LogP contribution in [0.25, 0.3) is 21.3 Å². The number of aryl methyl sites for hydroxylation is 1. The lowest BCUT2D eigenvalue weighted by Gasteiger charge is -1.99. The van der Waals surface area contributed by atoms with Crippen LogP contribution in [0.5, 0.6) is 0 Å². The van der Waals surface area contributed by atoms with Crippen LogP contribution in [0, 0.1) is 17.3 Å². The Kier molecular flexibility index (Phi) is 3.41. The van der Waals surface area contributed by atoms with Crippen LogP contribution in [-0.4, -0.2) is 20.8 Å². The van der Waals surface area contributed by atoms with Gasteiger partial charge in [-0.2, -0.15) is 9.65 Å². The summed E-state index contributed by atoms with van der Waals surface area (Å²) >= 11 is 1.49. The zero-order valence-electron chi connectivity index (χ0n) is 11.2. The predicted molar refractivity (Wildman–Crippen MR) is 79.1 cm³/mol. The molecule has 106 valence electrons. The molecule has 3 rings (SSSR count). The normalized spacial score (nSPS) is 12.5. The number of thiazole rings is 1. The maximum atomic E-state index is 13.5. The van der Waals surface area contributed by atoms with Gasteiger partial charge in [-0.3, -0.25) is 4.68 Å². The number of nitriles is 1. The number of hydrogen-bond donors (Lipinski definition) is 1. The van der Waals surface area contributed by atoms with Crippen LogP contribution in [0.15, 0.2) is 24.4 Å². The van der Waals surface area contributed by atoms with E-state index in [0.29, 0.717) is 11.8 Å². The summed E-state index contributed by atoms with van der Waals surface area (Å²) in [5.74, 6) is -0.468. The second-order valence-corrected chi connectivity index (χ2v) is 5.82. The number of halogens is 1. The molecule has 0 aliphatic rings. The Morgan fingerprint density at radius 3 is 3.10 bits per heavy atom. The van der Waals surface area contributed by atoms with Crippen molar-refractivity contribution in [2.45, 2.75) is 12.5 Å². The molecule has 2 aromatic heterocycles. The van der Waals surface area contributed by atoms with Crippen molar-refractivity contribution in [1.82, 2.24) is 14.8 Å². The van der Waals surface area contributed by atoms with Gasteiger partial charge in [0.1, 0.15) is 0 Å². The third kappa shape index (κ3) is 2.51. The Morgan fingerprint density at radius 2 is 2.33 bits per heavy atom. The SMILES string of the molecule is Cn1nc(F)c2ccc(-c3cnc(C[C@H](N)C#N)s3)cc21. The zero-order valence-corrected chi connectivity index (χ0v) is 12.1. The molecular formula is C14H12FN5S. The van der Waals surface area contributed by atoms with Gasteiger partial charge in [-0.1, -0.05) is 6.07 Å². The van der Waals surface area contributed by atoms with E-state index in [1.54, 1.807) is 19.3 Å². The lowest BCUT2D eigenvalue weighted by molar-refractivity contribution is 0.562. The predicted octanol–water partition coefficient (Wildman–Crippen LogP) is 2.23. The molecule has 7 heteroatoms. The molecule has 0 fully saturated rings. The molecule has 3 aromatic rings. The standard InChI is InChI=1S/C14H12FN5S/c1-20-11-4-8(2-3-10(11)14(15)19-20)12-7-18-13(21-12)5-9(17)6-16/h2-4,7,9H,5,17H2,1H3/t9-/m0/s1. The van der Waals surface area contributed by atoms with E-state index in [4.69, 9.17) is 11.0 Å². The van der Waals surface area contributed by atoms with E-state index < -0.39 is 12.0 Å². The van der Waals surface area contributed by atoms with E-state index in [2.05, 4.69) is 10.1 Å². The van der Waals surface area contributed by atoms with Crippen molar-refractivity contribution < 1.29 is 4.39 Å². The highest BCUT2D eigenvalue weighted by atomic mass is 32.1. The number of nitrogens with zero attached hydrogens (tertiary/aromatic N) is 4. The van der Waals surface area contributed by atoms with Gasteiger partial charge in [0.05, 0.1) is 32.9 Å². The Balaban J connectivity index is 1.97. The Hall–Kier alpha value is -2.30. The molecule has 21 heavy (non-hydrogen) atoms. The number of hydrogen-bond acceptors (Lipinski definition) is 5. The second-order valence-electron chi connectivity index (χ2n) is 4.70. The van der Waals surface area contributed by atoms with E-state index in [1.807, 2.05) is 18.2 Å². The molecule has 1 atom stereocenters. The summed E-state index contributed by atoms with van der Waals surface area (Å²) in [5.41, 5.74) is 7.28. The van der Waals surface area contributed by atoms with Crippen LogP contribution < -0.4 is 5.73 Å². The largest absolute Gasteiger partial charge is 0.316 e. The van der Waals surface area contributed by atoms with E-state index in [0.717, 1.165) is 21.0 Å². The average Bonchev–Trinajstić information content (AvgIpc) is 3.04. The molecule has 1 aromatic carbocycles. The minimum Gasteiger partial charge on any atom is -0.316 e. The number of fused-ring (bicyclic) bond motifs is 1. The summed E-state index contributed by atoms with van der Waals surface area (Å²) in [5, 5.41) is 13.8. The highest BCUT2D eigenvalue weighted by Gasteiger charge is 2.12. The van der Waals surface area contributed by atoms with Crippen molar-refractivity contribution >= 4 is 22.2 Å². The summed E-state index contributed by atoms with van der Waals surface area (Å²) in [6.07, 6.45) is 2.18. The summed E-state index contributed by atoms with van der Waals surface area (Å²) in [4.78, 5) is 5.24. The molecule has 0 spiro atoms. The smallest absolute Gasteiger partial charge is 0.240 e. The number of benzene rings is 1. The van der Waals surface area contributed by atoms with Gasteiger partial charge in [0.25, 0.3) is 0 Å². The van der Waals surface area contributed by atoms with Gasteiger partial charge in [0.15, 0.2) is 0 Å². The van der Waals surface area contributed by atoms with Gasteiger partial charge in [0, 0.05) is 19.7 Å². The van der Waals surface area contributed by atoms with E-state index >= 15 is 0 Å². The minimum atomic E-state index is -0.544. The quantitative estimate of drug-likeness (QED) is 0.804. The van der Waals surface area contributed by atoms with Crippen molar-refractivity contribution in [1.29, 1.82) is 5.26 Å². The molecule has 5 nitrogen and oxygen atoms in total. The summed E-state index contributed by atoms with van der Waals surface area (Å²) in [6, 6.07) is 6.88. The molecule has 0 saturated carbocycles. The fourth-order valence-corrected chi connectivity index (χ4v) is 3.11. The van der Waals surface area contributed by atoms with Crippen molar-refractivity contribution in [2.75, 3.05) is 0 Å². The first kappa shape index (κ1) is 13.7. The first-order valence-electron chi connectivity index (χ1n) is 6.31. The van der Waals surface area contributed by atoms with Crippen molar-refractivity contribution in [3.63, 3.8) is 0 Å². The van der Waals surface area contributed by atoms with E-state index in [-0.39, 0.29) is 0 Å². The lowest BCUT2D eigenvalue weighted by Crippen LogP contribution is -2.19. The van der Waals surface area contributed by atoms with Crippen LogP contribution in [-0.2, 0) is 13.5 Å². The summed E-state index contributed by atoms with van der Waals surface area (Å²) in [6.45, 7) is 0. The minimum absolute atomic E-state index is 0.434. The van der Waals surface area contributed by atoms with Gasteiger partial charge in [-0.15, -0.1) is 16.4 Å². The first-order valence-corrected chi connectivity index (χ1v) is 7.12. The number of aromatic nitrogens is 3. The molecule has 0 saturated heterocycles. The average molecular weight is 301 g/mol. The number of nitrogens with two attached hydrogens (primary N) is 1. The monoisotopic (exact) mass is 301 g/mol. The van der Waals surface area contributed by atoms with Crippen molar-refractivity contribution in [2.24, 2.45) is 12.8 Å².